The van der Waals surface area contributed by atoms with E-state index in [4.69, 9.17) is 42.5 Å². The second-order valence-electron chi connectivity index (χ2n) is 19.1. The predicted octanol–water partition coefficient (Wildman–Crippen LogP) is 9.13. The van der Waals surface area contributed by atoms with Gasteiger partial charge < -0.3 is 47.2 Å². The van der Waals surface area contributed by atoms with Crippen LogP contribution in [0.3, 0.4) is 0 Å². The summed E-state index contributed by atoms with van der Waals surface area (Å²) in [6.07, 6.45) is 1.32. The summed E-state index contributed by atoms with van der Waals surface area (Å²) in [4.78, 5) is 45.2. The number of esters is 1. The Labute approximate surface area is 405 Å². The summed E-state index contributed by atoms with van der Waals surface area (Å²) in [5, 5.41) is 8.73. The van der Waals surface area contributed by atoms with Crippen LogP contribution in [0, 0.1) is 11.6 Å². The standard InChI is InChI=1S/C21H22BFO6.C15H10BrFO4.C12H24B2O4/c1-20(2)21(3,4)29-22(28-20)16-8-7-15(10-14(16)12-24)27-18-9-6-13(11-17(18)23)19(25)26-5;16-12-3-2-11(5-10(12)7-18)21-15-4-1-9(6-13(15)17)14(20)8-19;1-9(2)10(3,4)16-13(15-9)14-17-11(5,6)12(7,8)18-14/h6-12H,1-5H3;1-7,19H,8H2;1-8H3. The number of ketones is 1. The molecule has 4 aromatic rings. The molecule has 0 aromatic heterocycles. The van der Waals surface area contributed by atoms with E-state index < -0.39 is 62.3 Å². The van der Waals surface area contributed by atoms with Gasteiger partial charge in [0.1, 0.15) is 24.4 Å². The number of carbonyl (C=O) groups is 4. The Bertz CT molecular complexity index is 2450. The molecular weight excluding hydrogens is 951 g/mol. The summed E-state index contributed by atoms with van der Waals surface area (Å²) in [6, 6.07) is 16.8. The zero-order valence-corrected chi connectivity index (χ0v) is 42.0. The third-order valence-corrected chi connectivity index (χ3v) is 13.5. The van der Waals surface area contributed by atoms with E-state index in [-0.39, 0.29) is 50.8 Å². The van der Waals surface area contributed by atoms with Crippen LogP contribution in [0.15, 0.2) is 77.3 Å². The van der Waals surface area contributed by atoms with Gasteiger partial charge in [0.05, 0.1) is 46.3 Å². The Kier molecular flexibility index (Phi) is 16.5. The van der Waals surface area contributed by atoms with Crippen molar-refractivity contribution in [1.29, 1.82) is 0 Å². The quantitative estimate of drug-likeness (QED) is 0.0653. The van der Waals surface area contributed by atoms with Crippen molar-refractivity contribution in [3.8, 4) is 23.0 Å². The van der Waals surface area contributed by atoms with E-state index in [0.29, 0.717) is 39.4 Å². The van der Waals surface area contributed by atoms with E-state index in [2.05, 4.69) is 20.7 Å². The Hall–Kier alpha value is -4.79. The molecule has 20 heteroatoms. The maximum absolute atomic E-state index is 14.3. The topological polar surface area (TPSA) is 172 Å². The van der Waals surface area contributed by atoms with Crippen molar-refractivity contribution in [3.05, 3.63) is 111 Å². The number of Topliss-reactive ketones (excluding diaryl/α,β-unsaturated/α-hetero) is 1. The number of carbonyl (C=O) groups excluding carboxylic acids is 4. The summed E-state index contributed by atoms with van der Waals surface area (Å²) in [6.45, 7) is 23.2. The van der Waals surface area contributed by atoms with Crippen LogP contribution in [0.4, 0.5) is 8.78 Å². The van der Waals surface area contributed by atoms with Gasteiger partial charge in [0, 0.05) is 21.2 Å². The monoisotopic (exact) mass is 1010 g/mol. The first kappa shape index (κ1) is 54.2. The molecule has 68 heavy (non-hydrogen) atoms. The van der Waals surface area contributed by atoms with E-state index >= 15 is 0 Å². The third kappa shape index (κ3) is 12.0. The van der Waals surface area contributed by atoms with Gasteiger partial charge in [0.2, 0.25) is 0 Å². The van der Waals surface area contributed by atoms with Gasteiger partial charge >= 0.3 is 27.1 Å². The third-order valence-electron chi connectivity index (χ3n) is 12.8. The van der Waals surface area contributed by atoms with Gasteiger partial charge in [-0.3, -0.25) is 14.4 Å². The Morgan fingerprint density at radius 3 is 1.40 bits per heavy atom. The lowest BCUT2D eigenvalue weighted by atomic mass is 9.49. The molecule has 3 saturated heterocycles. The lowest BCUT2D eigenvalue weighted by Crippen LogP contribution is -2.41. The number of hydrogen-bond acceptors (Lipinski definition) is 14. The first-order valence-corrected chi connectivity index (χ1v) is 22.4. The first-order valence-electron chi connectivity index (χ1n) is 21.6. The molecule has 14 nitrogen and oxygen atoms in total. The number of benzene rings is 4. The molecule has 0 bridgehead atoms. The van der Waals surface area contributed by atoms with E-state index in [0.717, 1.165) is 12.1 Å². The van der Waals surface area contributed by atoms with Crippen molar-refractivity contribution >= 4 is 66.9 Å². The van der Waals surface area contributed by atoms with Crippen LogP contribution < -0.4 is 14.9 Å². The highest BCUT2D eigenvalue weighted by Gasteiger charge is 2.63. The highest BCUT2D eigenvalue weighted by atomic mass is 79.9. The maximum Gasteiger partial charge on any atom is 0.495 e. The molecule has 1 N–H and O–H groups in total. The van der Waals surface area contributed by atoms with Crippen LogP contribution in [0.1, 0.15) is 125 Å². The molecule has 0 spiro atoms. The number of methoxy groups -OCH3 is 1. The number of aldehydes is 2. The highest BCUT2D eigenvalue weighted by molar-refractivity contribution is 9.10. The van der Waals surface area contributed by atoms with E-state index in [1.165, 1.54) is 43.5 Å². The summed E-state index contributed by atoms with van der Waals surface area (Å²) < 4.78 is 80.0. The molecule has 0 unspecified atom stereocenters. The average molecular weight is 1010 g/mol. The minimum absolute atomic E-state index is 0.0618. The van der Waals surface area contributed by atoms with Gasteiger partial charge in [0.15, 0.2) is 35.2 Å². The Morgan fingerprint density at radius 2 is 0.985 bits per heavy atom. The second kappa shape index (κ2) is 20.7. The number of aliphatic hydroxyl groups is 1. The molecule has 0 amide bonds. The largest absolute Gasteiger partial charge is 0.495 e. The number of ether oxygens (including phenoxy) is 3. The van der Waals surface area contributed by atoms with E-state index in [1.54, 1.807) is 24.3 Å². The molecule has 3 aliphatic heterocycles. The molecule has 7 rings (SSSR count). The minimum atomic E-state index is -0.732. The normalized spacial score (nSPS) is 18.9. The SMILES string of the molecule is CC1(C)OB(B2OC(C)(C)C(C)(C)O2)OC1(C)C.COC(=O)c1ccc(Oc2ccc(B3OC(C)(C)C(C)(C)O3)c(C=O)c2)c(F)c1.O=Cc1cc(Oc2ccc(C(=O)CO)cc2F)ccc1Br. The molecule has 362 valence electrons. The molecular formula is C48H56B3BrF2O14. The molecule has 0 saturated carbocycles. The van der Waals surface area contributed by atoms with Crippen molar-refractivity contribution in [2.75, 3.05) is 13.7 Å². The molecule has 0 aliphatic carbocycles. The van der Waals surface area contributed by atoms with Gasteiger partial charge in [-0.1, -0.05) is 22.0 Å². The highest BCUT2D eigenvalue weighted by Crippen LogP contribution is 2.43. The summed E-state index contributed by atoms with van der Waals surface area (Å²) in [5.74, 6) is -2.29. The fourth-order valence-corrected chi connectivity index (χ4v) is 6.85. The molecule has 3 heterocycles. The van der Waals surface area contributed by atoms with E-state index in [1.807, 2.05) is 83.1 Å². The van der Waals surface area contributed by atoms with Crippen molar-refractivity contribution in [1.82, 2.24) is 0 Å². The summed E-state index contributed by atoms with van der Waals surface area (Å²) in [7, 11) is -0.440. The summed E-state index contributed by atoms with van der Waals surface area (Å²) >= 11 is 3.20. The van der Waals surface area contributed by atoms with Crippen LogP contribution in [-0.2, 0) is 32.7 Å². The molecule has 3 aliphatic rings. The van der Waals surface area contributed by atoms with Gasteiger partial charge in [0.25, 0.3) is 0 Å². The molecule has 0 radical (unpaired) electrons. The molecule has 4 aromatic carbocycles. The van der Waals surface area contributed by atoms with Crippen molar-refractivity contribution in [2.45, 2.75) is 117 Å². The van der Waals surface area contributed by atoms with Gasteiger partial charge in [-0.2, -0.15) is 0 Å². The minimum Gasteiger partial charge on any atom is -0.465 e. The zero-order chi connectivity index (χ0) is 50.8. The Balaban J connectivity index is 0.000000197. The summed E-state index contributed by atoms with van der Waals surface area (Å²) in [5.41, 5.74) is -1.14. The maximum atomic E-state index is 14.3. The van der Waals surface area contributed by atoms with Crippen LogP contribution in [0.25, 0.3) is 0 Å². The van der Waals surface area contributed by atoms with Gasteiger partial charge in [-0.05, 0) is 155 Å². The average Bonchev–Trinajstić information content (AvgIpc) is 3.74. The fraction of sp³-hybridized carbons (Fsp3) is 0.417. The van der Waals surface area contributed by atoms with Gasteiger partial charge in [-0.25, -0.2) is 13.6 Å². The Morgan fingerprint density at radius 1 is 0.588 bits per heavy atom. The second-order valence-corrected chi connectivity index (χ2v) is 20.0. The lowest BCUT2D eigenvalue weighted by Gasteiger charge is -2.32. The van der Waals surface area contributed by atoms with Crippen molar-refractivity contribution < 1.29 is 75.2 Å². The van der Waals surface area contributed by atoms with Crippen LogP contribution in [0.5, 0.6) is 23.0 Å². The van der Waals surface area contributed by atoms with Crippen LogP contribution in [0.2, 0.25) is 0 Å². The molecule has 0 atom stereocenters. The zero-order valence-electron chi connectivity index (χ0n) is 40.4. The van der Waals surface area contributed by atoms with Crippen LogP contribution in [-0.4, -0.2) is 97.9 Å². The number of hydrogen-bond donors (Lipinski definition) is 1. The van der Waals surface area contributed by atoms with Crippen molar-refractivity contribution in [2.24, 2.45) is 0 Å². The number of rotatable bonds is 11. The first-order chi connectivity index (χ1) is 31.5. The van der Waals surface area contributed by atoms with E-state index in [9.17, 15) is 28.0 Å². The molecule has 3 fully saturated rings. The smallest absolute Gasteiger partial charge is 0.465 e. The number of halogens is 3. The van der Waals surface area contributed by atoms with Crippen molar-refractivity contribution in [3.63, 3.8) is 0 Å². The number of aliphatic hydroxyl groups excluding tert-OH is 1. The van der Waals surface area contributed by atoms with Crippen LogP contribution >= 0.6 is 15.9 Å². The lowest BCUT2D eigenvalue weighted by molar-refractivity contribution is 0.00578. The van der Waals surface area contributed by atoms with Gasteiger partial charge in [-0.15, -0.1) is 0 Å². The predicted molar refractivity (Wildman–Crippen MR) is 255 cm³/mol. The fourth-order valence-electron chi connectivity index (χ4n) is 6.51.